The highest BCUT2D eigenvalue weighted by Crippen LogP contribution is 2.13. The Morgan fingerprint density at radius 2 is 1.95 bits per heavy atom. The van der Waals surface area contributed by atoms with E-state index in [0.717, 1.165) is 0 Å². The molecule has 0 radical (unpaired) electrons. The number of aliphatic hydroxyl groups is 1. The lowest BCUT2D eigenvalue weighted by Gasteiger charge is -2.27. The third-order valence-electron chi connectivity index (χ3n) is 2.79. The summed E-state index contributed by atoms with van der Waals surface area (Å²) >= 11 is 0. The number of hydrogen-bond acceptors (Lipinski definition) is 4. The highest BCUT2D eigenvalue weighted by Gasteiger charge is 2.19. The van der Waals surface area contributed by atoms with Gasteiger partial charge in [-0.25, -0.2) is 0 Å². The second-order valence-corrected chi connectivity index (χ2v) is 5.35. The summed E-state index contributed by atoms with van der Waals surface area (Å²) in [5.41, 5.74) is -0.240. The van der Waals surface area contributed by atoms with E-state index in [1.807, 2.05) is 6.92 Å². The zero-order valence-electron chi connectivity index (χ0n) is 12.4. The monoisotopic (exact) mass is 292 g/mol. The van der Waals surface area contributed by atoms with Gasteiger partial charge in [0.25, 0.3) is 5.69 Å². The van der Waals surface area contributed by atoms with Crippen molar-refractivity contribution in [3.63, 3.8) is 0 Å². The first kappa shape index (κ1) is 16.8. The Bertz CT molecular complexity index is 530. The van der Waals surface area contributed by atoms with Crippen molar-refractivity contribution in [3.05, 3.63) is 46.0 Å². The van der Waals surface area contributed by atoms with Gasteiger partial charge >= 0.3 is 0 Å². The van der Waals surface area contributed by atoms with Crippen LogP contribution < -0.4 is 0 Å². The lowest BCUT2D eigenvalue weighted by molar-refractivity contribution is -0.384. The predicted octanol–water partition coefficient (Wildman–Crippen LogP) is 2.23. The van der Waals surface area contributed by atoms with Gasteiger partial charge in [-0.2, -0.15) is 0 Å². The van der Waals surface area contributed by atoms with E-state index in [0.29, 0.717) is 12.1 Å². The van der Waals surface area contributed by atoms with Crippen LogP contribution in [-0.4, -0.2) is 39.5 Å². The molecule has 0 aliphatic rings. The molecule has 0 aliphatic heterocycles. The number of likely N-dealkylation sites (N-methyl/N-ethyl adjacent to an activating group) is 1. The Labute approximate surface area is 123 Å². The molecule has 1 rings (SSSR count). The van der Waals surface area contributed by atoms with E-state index in [1.54, 1.807) is 32.1 Å². The van der Waals surface area contributed by atoms with E-state index >= 15 is 0 Å². The van der Waals surface area contributed by atoms with Crippen molar-refractivity contribution in [1.82, 2.24) is 4.90 Å². The Balaban J connectivity index is 2.74. The lowest BCUT2D eigenvalue weighted by atomic mass is 10.1. The fourth-order valence-electron chi connectivity index (χ4n) is 1.79. The molecule has 0 unspecified atom stereocenters. The lowest BCUT2D eigenvalue weighted by Crippen LogP contribution is -2.41. The number of benzene rings is 1. The molecule has 0 heterocycles. The molecule has 0 bridgehead atoms. The van der Waals surface area contributed by atoms with Crippen LogP contribution in [0.15, 0.2) is 30.3 Å². The van der Waals surface area contributed by atoms with Crippen LogP contribution in [0.4, 0.5) is 5.69 Å². The Morgan fingerprint density at radius 1 is 1.38 bits per heavy atom. The Hall–Kier alpha value is -2.21. The van der Waals surface area contributed by atoms with E-state index in [1.165, 1.54) is 23.1 Å². The molecule has 0 saturated carbocycles. The summed E-state index contributed by atoms with van der Waals surface area (Å²) in [5.74, 6) is -0.210. The average Bonchev–Trinajstić information content (AvgIpc) is 2.41. The minimum atomic E-state index is -0.952. The molecule has 0 saturated heterocycles. The minimum Gasteiger partial charge on any atom is -0.389 e. The fourth-order valence-corrected chi connectivity index (χ4v) is 1.79. The minimum absolute atomic E-state index is 0.00990. The van der Waals surface area contributed by atoms with Crippen LogP contribution in [0.3, 0.4) is 0 Å². The van der Waals surface area contributed by atoms with Crippen LogP contribution in [-0.2, 0) is 4.79 Å². The maximum atomic E-state index is 12.0. The van der Waals surface area contributed by atoms with Crippen LogP contribution in [0.5, 0.6) is 0 Å². The molecule has 1 aromatic carbocycles. The van der Waals surface area contributed by atoms with Crippen LogP contribution in [0.1, 0.15) is 26.3 Å². The molecule has 1 aromatic rings. The number of rotatable bonds is 6. The smallest absolute Gasteiger partial charge is 0.269 e. The fraction of sp³-hybridized carbons (Fsp3) is 0.400. The highest BCUT2D eigenvalue weighted by atomic mass is 16.6. The number of nitrogens with zero attached hydrogens (tertiary/aromatic N) is 2. The van der Waals surface area contributed by atoms with Gasteiger partial charge in [0, 0.05) is 31.3 Å². The molecule has 1 N–H and O–H groups in total. The number of carbonyl (C=O) groups is 1. The third-order valence-corrected chi connectivity index (χ3v) is 2.79. The van der Waals surface area contributed by atoms with E-state index in [4.69, 9.17) is 0 Å². The van der Waals surface area contributed by atoms with Crippen molar-refractivity contribution in [1.29, 1.82) is 0 Å². The van der Waals surface area contributed by atoms with Crippen molar-refractivity contribution in [2.24, 2.45) is 0 Å². The van der Waals surface area contributed by atoms with E-state index in [9.17, 15) is 20.0 Å². The second kappa shape index (κ2) is 6.99. The number of hydrogen-bond donors (Lipinski definition) is 1. The van der Waals surface area contributed by atoms with E-state index < -0.39 is 10.5 Å². The molecule has 0 atom stereocenters. The number of amides is 1. The van der Waals surface area contributed by atoms with Gasteiger partial charge in [0.2, 0.25) is 5.91 Å². The number of nitro benzene ring substituents is 1. The summed E-state index contributed by atoms with van der Waals surface area (Å²) in [7, 11) is 0. The van der Waals surface area contributed by atoms with Gasteiger partial charge in [0.05, 0.1) is 10.5 Å². The van der Waals surface area contributed by atoms with Gasteiger partial charge in [-0.15, -0.1) is 0 Å². The Morgan fingerprint density at radius 3 is 2.38 bits per heavy atom. The average molecular weight is 292 g/mol. The second-order valence-electron chi connectivity index (χ2n) is 5.35. The first-order valence-electron chi connectivity index (χ1n) is 6.67. The zero-order chi connectivity index (χ0) is 16.0. The summed E-state index contributed by atoms with van der Waals surface area (Å²) < 4.78 is 0. The van der Waals surface area contributed by atoms with Crippen LogP contribution >= 0.6 is 0 Å². The van der Waals surface area contributed by atoms with Gasteiger partial charge in [-0.3, -0.25) is 14.9 Å². The molecule has 6 heteroatoms. The van der Waals surface area contributed by atoms with Gasteiger partial charge in [0.15, 0.2) is 0 Å². The first-order chi connectivity index (χ1) is 9.73. The standard InChI is InChI=1S/C15H20N2O4/c1-4-16(11-15(2,3)19)14(18)10-7-12-5-8-13(9-6-12)17(20)21/h5-10,19H,4,11H2,1-3H3/b10-7-. The maximum absolute atomic E-state index is 12.0. The SMILES string of the molecule is CCN(CC(C)(C)O)C(=O)/C=C\c1ccc([N+](=O)[O-])cc1. The van der Waals surface area contributed by atoms with Crippen LogP contribution in [0.25, 0.3) is 6.08 Å². The van der Waals surface area contributed by atoms with Gasteiger partial charge in [-0.1, -0.05) is 0 Å². The van der Waals surface area contributed by atoms with Crippen LogP contribution in [0.2, 0.25) is 0 Å². The first-order valence-corrected chi connectivity index (χ1v) is 6.67. The summed E-state index contributed by atoms with van der Waals surface area (Å²) in [5, 5.41) is 20.3. The summed E-state index contributed by atoms with van der Waals surface area (Å²) in [6, 6.07) is 5.93. The van der Waals surface area contributed by atoms with Gasteiger partial charge in [0.1, 0.15) is 0 Å². The molecule has 6 nitrogen and oxygen atoms in total. The molecule has 0 fully saturated rings. The molecule has 0 spiro atoms. The van der Waals surface area contributed by atoms with E-state index in [-0.39, 0.29) is 18.1 Å². The maximum Gasteiger partial charge on any atom is 0.269 e. The topological polar surface area (TPSA) is 83.7 Å². The van der Waals surface area contributed by atoms with Crippen LogP contribution in [0, 0.1) is 10.1 Å². The molecular formula is C15H20N2O4. The van der Waals surface area contributed by atoms with Crippen molar-refractivity contribution < 1.29 is 14.8 Å². The number of carbonyl (C=O) groups excluding carboxylic acids is 1. The largest absolute Gasteiger partial charge is 0.389 e. The Kier molecular flexibility index (Phi) is 5.60. The molecule has 0 aliphatic carbocycles. The number of nitro groups is 1. The quantitative estimate of drug-likeness (QED) is 0.495. The van der Waals surface area contributed by atoms with Crippen molar-refractivity contribution in [2.75, 3.05) is 13.1 Å². The summed E-state index contributed by atoms with van der Waals surface area (Å²) in [4.78, 5) is 23.6. The third kappa shape index (κ3) is 5.74. The zero-order valence-corrected chi connectivity index (χ0v) is 12.4. The van der Waals surface area contributed by atoms with Crippen molar-refractivity contribution >= 4 is 17.7 Å². The van der Waals surface area contributed by atoms with Gasteiger partial charge < -0.3 is 10.0 Å². The molecule has 1 amide bonds. The molecule has 114 valence electrons. The molecular weight excluding hydrogens is 272 g/mol. The normalized spacial score (nSPS) is 11.6. The van der Waals surface area contributed by atoms with Gasteiger partial charge in [-0.05, 0) is 44.5 Å². The van der Waals surface area contributed by atoms with Crippen molar-refractivity contribution in [2.45, 2.75) is 26.4 Å². The molecule has 0 aromatic heterocycles. The van der Waals surface area contributed by atoms with E-state index in [2.05, 4.69) is 0 Å². The predicted molar refractivity (Wildman–Crippen MR) is 80.7 cm³/mol. The highest BCUT2D eigenvalue weighted by molar-refractivity contribution is 5.91. The summed E-state index contributed by atoms with van der Waals surface area (Å²) in [6.45, 7) is 5.86. The molecule has 21 heavy (non-hydrogen) atoms. The van der Waals surface area contributed by atoms with Crippen molar-refractivity contribution in [3.8, 4) is 0 Å². The number of non-ortho nitro benzene ring substituents is 1. The summed E-state index contributed by atoms with van der Waals surface area (Å²) in [6.07, 6.45) is 3.00.